The van der Waals surface area contributed by atoms with E-state index in [4.69, 9.17) is 40.1 Å². The predicted molar refractivity (Wildman–Crippen MR) is 487 cm³/mol. The molecule has 1 saturated heterocycles. The van der Waals surface area contributed by atoms with Crippen LogP contribution in [0, 0.1) is 54.4 Å². The molecule has 16 aromatic rings. The lowest BCUT2D eigenvalue weighted by Gasteiger charge is -2.25. The zero-order valence-corrected chi connectivity index (χ0v) is 71.8. The fraction of sp³-hybridized carbons (Fsp3) is 0.365. The lowest BCUT2D eigenvalue weighted by atomic mass is 9.95. The Hall–Kier alpha value is -14.1. The maximum absolute atomic E-state index is 12.6. The number of nitrogens with one attached hydrogen (secondary N) is 7. The Balaban J connectivity index is 0.000000131. The normalized spacial score (nSPS) is 13.7. The third kappa shape index (κ3) is 19.1. The Labute approximate surface area is 704 Å². The number of unbranched alkanes of at least 4 members (excludes halogenated alkanes) is 1. The number of aromatic amines is 7. The summed E-state index contributed by atoms with van der Waals surface area (Å²) >= 11 is 0. The van der Waals surface area contributed by atoms with Crippen molar-refractivity contribution in [3.8, 4) is 0 Å². The maximum atomic E-state index is 12.6. The van der Waals surface area contributed by atoms with Gasteiger partial charge in [0.2, 0.25) is 0 Å². The van der Waals surface area contributed by atoms with Crippen LogP contribution in [0.4, 0.5) is 40.7 Å². The van der Waals surface area contributed by atoms with Gasteiger partial charge in [-0.05, 0) is 147 Å². The molecule has 648 valence electrons. The number of aromatic nitrogens is 21. The van der Waals surface area contributed by atoms with Crippen LogP contribution >= 0.6 is 0 Å². The van der Waals surface area contributed by atoms with Crippen molar-refractivity contribution in [3.05, 3.63) is 227 Å². The van der Waals surface area contributed by atoms with E-state index in [2.05, 4.69) is 104 Å². The average molecular weight is 1700 g/mol. The SMILES string of the molecule is CCCCn1c(C)cc2[nH]nc(N)c2c1=O.CCCn1c(C)cc2[nH]nc(N)c2c1=O.Cc1cc2[nH]nc(N)c2c(=O)n1C1CCCCC1.Cc1cc2[nH]nc(N)c2c(=O)n1C1CCS(=O)(=O)C1.Cc1cc2[nH]nc(N)c2c(=O)n1CC(C)C.Cc1cc2[nH]nc(N)c2c(=O)n1CCc1ccccc1.Cc1cc2[nH]nc(N)c2c(=O)n1Cc1ccccc1. The third-order valence-corrected chi connectivity index (χ3v) is 23.9. The summed E-state index contributed by atoms with van der Waals surface area (Å²) < 4.78 is 35.3. The van der Waals surface area contributed by atoms with Gasteiger partial charge in [0, 0.05) is 72.1 Å². The number of benzene rings is 2. The number of hydrogen-bond acceptors (Lipinski definition) is 23. The van der Waals surface area contributed by atoms with Gasteiger partial charge in [0.15, 0.2) is 50.6 Å². The molecule has 2 aliphatic rings. The van der Waals surface area contributed by atoms with E-state index in [1.54, 1.807) is 35.8 Å². The smallest absolute Gasteiger partial charge is 0.264 e. The van der Waals surface area contributed by atoms with E-state index < -0.39 is 9.84 Å². The van der Waals surface area contributed by atoms with Crippen molar-refractivity contribution in [1.29, 1.82) is 0 Å². The molecule has 21 N–H and O–H groups in total. The van der Waals surface area contributed by atoms with Gasteiger partial charge in [-0.25, -0.2) is 8.42 Å². The van der Waals surface area contributed by atoms with Gasteiger partial charge >= 0.3 is 0 Å². The number of nitrogen functional groups attached to an aromatic ring is 7. The number of fused-ring (bicyclic) bond motifs is 7. The van der Waals surface area contributed by atoms with Gasteiger partial charge < -0.3 is 72.1 Å². The highest BCUT2D eigenvalue weighted by atomic mass is 32.2. The number of sulfone groups is 1. The number of H-pyrrole nitrogens is 7. The molecule has 123 heavy (non-hydrogen) atoms. The fourth-order valence-electron chi connectivity index (χ4n) is 16.0. The molecule has 0 amide bonds. The third-order valence-electron chi connectivity index (χ3n) is 22.2. The molecule has 0 spiro atoms. The molecule has 18 rings (SSSR count). The van der Waals surface area contributed by atoms with Gasteiger partial charge in [0.1, 0.15) is 37.7 Å². The summed E-state index contributed by atoms with van der Waals surface area (Å²) in [7, 11) is -3.04. The minimum atomic E-state index is -3.04. The highest BCUT2D eigenvalue weighted by molar-refractivity contribution is 7.91. The summed E-state index contributed by atoms with van der Waals surface area (Å²) in [6.07, 6.45) is 10.1. The monoisotopic (exact) mass is 1700 g/mol. The van der Waals surface area contributed by atoms with Crippen LogP contribution in [0.5, 0.6) is 0 Å². The number of anilines is 7. The van der Waals surface area contributed by atoms with Gasteiger partial charge in [-0.2, -0.15) is 35.7 Å². The molecule has 1 unspecified atom stereocenters. The van der Waals surface area contributed by atoms with Crippen molar-refractivity contribution in [2.75, 3.05) is 51.6 Å². The quantitative estimate of drug-likeness (QED) is 0.0482. The summed E-state index contributed by atoms with van der Waals surface area (Å²) in [5.41, 5.74) is 52.7. The van der Waals surface area contributed by atoms with Gasteiger partial charge in [-0.15, -0.1) is 0 Å². The van der Waals surface area contributed by atoms with Crippen molar-refractivity contribution >= 4 is 127 Å². The number of nitrogens with zero attached hydrogens (tertiary/aromatic N) is 14. The van der Waals surface area contributed by atoms with E-state index >= 15 is 0 Å². The molecule has 38 heteroatoms. The van der Waals surface area contributed by atoms with Gasteiger partial charge in [0.05, 0.1) is 62.7 Å². The van der Waals surface area contributed by atoms with Gasteiger partial charge in [0.25, 0.3) is 38.9 Å². The summed E-state index contributed by atoms with van der Waals surface area (Å²) in [5, 5.41) is 49.7. The highest BCUT2D eigenvalue weighted by Gasteiger charge is 2.32. The van der Waals surface area contributed by atoms with E-state index in [0.29, 0.717) is 127 Å². The van der Waals surface area contributed by atoms with Crippen molar-refractivity contribution in [3.63, 3.8) is 0 Å². The molecule has 1 atom stereocenters. The summed E-state index contributed by atoms with van der Waals surface area (Å²) in [4.78, 5) is 86.3. The number of hydrogen-bond donors (Lipinski definition) is 14. The van der Waals surface area contributed by atoms with Crippen molar-refractivity contribution < 1.29 is 8.42 Å². The Morgan fingerprint density at radius 2 is 0.675 bits per heavy atom. The fourth-order valence-corrected chi connectivity index (χ4v) is 17.7. The number of nitrogens with two attached hydrogens (primary N) is 7. The first-order chi connectivity index (χ1) is 58.7. The largest absolute Gasteiger partial charge is 0.382 e. The van der Waals surface area contributed by atoms with Crippen LogP contribution in [0.15, 0.2) is 137 Å². The first-order valence-corrected chi connectivity index (χ1v) is 42.7. The minimum Gasteiger partial charge on any atom is -0.382 e. The summed E-state index contributed by atoms with van der Waals surface area (Å²) in [6, 6.07) is 33.2. The molecular formula is C85H108N28O9S. The van der Waals surface area contributed by atoms with Crippen LogP contribution in [0.2, 0.25) is 0 Å². The molecule has 2 fully saturated rings. The number of aryl methyl sites for hydroxylation is 8. The van der Waals surface area contributed by atoms with Crippen molar-refractivity contribution in [1.82, 2.24) is 103 Å². The van der Waals surface area contributed by atoms with E-state index in [1.807, 2.05) is 138 Å². The second-order valence-corrected chi connectivity index (χ2v) is 33.9. The Kier molecular flexibility index (Phi) is 27.0. The zero-order chi connectivity index (χ0) is 88.6. The zero-order valence-electron chi connectivity index (χ0n) is 71.0. The predicted octanol–water partition coefficient (Wildman–Crippen LogP) is 9.33. The average Bonchev–Trinajstić information content (AvgIpc) is 1.81. The second kappa shape index (κ2) is 37.7. The Morgan fingerprint density at radius 3 is 1.02 bits per heavy atom. The molecule has 37 nitrogen and oxygen atoms in total. The van der Waals surface area contributed by atoms with Crippen LogP contribution in [-0.2, 0) is 49.0 Å². The lowest BCUT2D eigenvalue weighted by molar-refractivity contribution is 0.343. The Morgan fingerprint density at radius 1 is 0.366 bits per heavy atom. The second-order valence-electron chi connectivity index (χ2n) is 31.6. The van der Waals surface area contributed by atoms with Crippen molar-refractivity contribution in [2.45, 2.75) is 185 Å². The van der Waals surface area contributed by atoms with Gasteiger partial charge in [-0.1, -0.05) is 114 Å². The van der Waals surface area contributed by atoms with Crippen LogP contribution in [0.25, 0.3) is 76.3 Å². The summed E-state index contributed by atoms with van der Waals surface area (Å²) in [5.74, 6) is 2.36. The molecule has 0 radical (unpaired) electrons. The van der Waals surface area contributed by atoms with E-state index in [0.717, 1.165) is 90.3 Å². The maximum Gasteiger partial charge on any atom is 0.264 e. The van der Waals surface area contributed by atoms with Crippen LogP contribution in [-0.4, -0.2) is 123 Å². The molecule has 1 saturated carbocycles. The Bertz CT molecular complexity index is 7100. The number of rotatable bonds is 14. The lowest BCUT2D eigenvalue weighted by Crippen LogP contribution is -2.28. The van der Waals surface area contributed by atoms with Crippen molar-refractivity contribution in [2.24, 2.45) is 5.92 Å². The standard InChI is InChI=1S/C15H16N4O.C14H14N4O.C13H18N4O.C11H14N4O3S.2C11H16N4O.C10H14N4O/c1-10-9-12-13(14(16)18-17-12)15(20)19(10)8-7-11-5-3-2-4-6-11;1-9-7-11-12(13(15)17-16-11)14(19)18(9)8-10-5-3-2-4-6-10;1-8-7-10-11(12(14)16-15-10)13(18)17(8)9-5-3-2-4-6-9;1-6-4-8-9(10(12)14-13-8)11(16)15(6)7-2-3-19(17,18)5-7;1-6(2)5-15-7(3)4-8-9(11(15)16)10(12)14-13-8;1-3-4-5-15-7(2)6-8-9(11(15)16)10(12)14-13-8;1-3-4-14-6(2)5-7-8(10(14)15)9(11)13-12-7/h2-6,9H,7-8H2,1H3,(H3,16,17,18);2-7H,8H2,1H3,(H3,15,16,17);7,9H,2-6H2,1H3,(H3,14,15,16);4,7H,2-3,5H2,1H3,(H3,12,13,14);4,6H,5H2,1-3H3,(H3,12,13,14);6H,3-5H2,1-2H3,(H3,12,13,14);5H,3-4H2,1-2H3,(H3,11,12,13). The topological polar surface area (TPSA) is 571 Å². The molecule has 15 heterocycles. The van der Waals surface area contributed by atoms with Crippen LogP contribution < -0.4 is 79.1 Å². The molecule has 0 bridgehead atoms. The first kappa shape index (κ1) is 88.2. The van der Waals surface area contributed by atoms with E-state index in [-0.39, 0.29) is 91.4 Å². The van der Waals surface area contributed by atoms with E-state index in [9.17, 15) is 42.0 Å². The first-order valence-electron chi connectivity index (χ1n) is 40.9. The van der Waals surface area contributed by atoms with Crippen LogP contribution in [0.3, 0.4) is 0 Å². The highest BCUT2D eigenvalue weighted by Crippen LogP contribution is 2.31. The van der Waals surface area contributed by atoms with E-state index in [1.165, 1.54) is 29.4 Å². The molecule has 1 aliphatic heterocycles. The minimum absolute atomic E-state index is 0.00292. The number of pyridine rings is 7. The molecular weight excluding hydrogens is 1590 g/mol. The molecule has 1 aliphatic carbocycles. The molecule has 2 aromatic carbocycles. The van der Waals surface area contributed by atoms with Gasteiger partial charge in [-0.3, -0.25) is 69.3 Å². The molecule has 14 aromatic heterocycles. The van der Waals surface area contributed by atoms with Crippen LogP contribution in [0.1, 0.15) is 149 Å². The summed E-state index contributed by atoms with van der Waals surface area (Å²) in [6.45, 7) is 24.9.